The van der Waals surface area contributed by atoms with E-state index in [1.165, 1.54) is 24.0 Å². The zero-order valence-corrected chi connectivity index (χ0v) is 10.0. The predicted octanol–water partition coefficient (Wildman–Crippen LogP) is 1.22. The number of hydrogen-bond donors (Lipinski definition) is 2. The second kappa shape index (κ2) is 5.11. The molecule has 0 aliphatic rings. The van der Waals surface area contributed by atoms with Gasteiger partial charge in [-0.25, -0.2) is 14.8 Å². The summed E-state index contributed by atoms with van der Waals surface area (Å²) in [6.45, 7) is 0. The molecule has 0 amide bonds. The molecule has 0 aromatic carbocycles. The van der Waals surface area contributed by atoms with Crippen molar-refractivity contribution in [3.63, 3.8) is 0 Å². The highest BCUT2D eigenvalue weighted by molar-refractivity contribution is 7.98. The summed E-state index contributed by atoms with van der Waals surface area (Å²) in [5, 5.41) is 10.9. The van der Waals surface area contributed by atoms with Crippen LogP contribution >= 0.6 is 23.1 Å². The molecule has 0 saturated heterocycles. The van der Waals surface area contributed by atoms with Gasteiger partial charge in [0.05, 0.1) is 5.69 Å². The smallest absolute Gasteiger partial charge is 0.365 e. The lowest BCUT2D eigenvalue weighted by atomic mass is 10.6. The second-order valence-corrected chi connectivity index (χ2v) is 4.80. The van der Waals surface area contributed by atoms with Crippen LogP contribution in [0.1, 0.15) is 15.5 Å². The minimum atomic E-state index is -1.03. The van der Waals surface area contributed by atoms with E-state index in [4.69, 9.17) is 5.11 Å². The third kappa shape index (κ3) is 3.14. The first-order valence-corrected chi connectivity index (χ1v) is 6.37. The summed E-state index contributed by atoms with van der Waals surface area (Å²) in [6.07, 6.45) is 1.42. The SMILES string of the molecule is O=C(O)c1nc(CSc2nccc(=O)[nH]2)cs1. The van der Waals surface area contributed by atoms with Gasteiger partial charge in [-0.2, -0.15) is 0 Å². The van der Waals surface area contributed by atoms with Crippen LogP contribution in [0.15, 0.2) is 27.6 Å². The summed E-state index contributed by atoms with van der Waals surface area (Å²) in [4.78, 5) is 32.1. The average molecular weight is 269 g/mol. The summed E-state index contributed by atoms with van der Waals surface area (Å²) in [5.74, 6) is -0.561. The van der Waals surface area contributed by atoms with Crippen molar-refractivity contribution >= 4 is 29.1 Å². The van der Waals surface area contributed by atoms with E-state index in [9.17, 15) is 9.59 Å². The number of carboxylic acid groups (broad SMARTS) is 1. The molecular weight excluding hydrogens is 262 g/mol. The molecular formula is C9H7N3O3S2. The zero-order chi connectivity index (χ0) is 12.3. The predicted molar refractivity (Wildman–Crippen MR) is 63.5 cm³/mol. The van der Waals surface area contributed by atoms with Gasteiger partial charge in [-0.3, -0.25) is 4.79 Å². The van der Waals surface area contributed by atoms with Crippen LogP contribution in [0.2, 0.25) is 0 Å². The van der Waals surface area contributed by atoms with E-state index >= 15 is 0 Å². The number of H-pyrrole nitrogens is 1. The topological polar surface area (TPSA) is 95.9 Å². The zero-order valence-electron chi connectivity index (χ0n) is 8.41. The third-order valence-corrected chi connectivity index (χ3v) is 3.54. The van der Waals surface area contributed by atoms with Gasteiger partial charge < -0.3 is 10.1 Å². The molecule has 88 valence electrons. The van der Waals surface area contributed by atoms with Crippen molar-refractivity contribution < 1.29 is 9.90 Å². The molecule has 2 N–H and O–H groups in total. The maximum Gasteiger partial charge on any atom is 0.365 e. The van der Waals surface area contributed by atoms with Crippen LogP contribution in [0.5, 0.6) is 0 Å². The van der Waals surface area contributed by atoms with Crippen molar-refractivity contribution in [2.24, 2.45) is 0 Å². The Hall–Kier alpha value is -1.67. The van der Waals surface area contributed by atoms with Crippen molar-refractivity contribution in [2.45, 2.75) is 10.9 Å². The molecule has 8 heteroatoms. The number of carboxylic acids is 1. The molecule has 2 heterocycles. The Morgan fingerprint density at radius 2 is 2.41 bits per heavy atom. The number of aromatic carboxylic acids is 1. The Labute approximate surface area is 104 Å². The first kappa shape index (κ1) is 11.8. The van der Waals surface area contributed by atoms with Gasteiger partial charge in [0.25, 0.3) is 5.56 Å². The van der Waals surface area contributed by atoms with Crippen molar-refractivity contribution in [1.82, 2.24) is 15.0 Å². The number of aromatic amines is 1. The van der Waals surface area contributed by atoms with Crippen molar-refractivity contribution in [1.29, 1.82) is 0 Å². The van der Waals surface area contributed by atoms with E-state index in [-0.39, 0.29) is 10.6 Å². The first-order chi connectivity index (χ1) is 8.15. The maximum absolute atomic E-state index is 11.0. The van der Waals surface area contributed by atoms with E-state index in [1.807, 2.05) is 0 Å². The lowest BCUT2D eigenvalue weighted by Crippen LogP contribution is -2.05. The second-order valence-electron chi connectivity index (χ2n) is 2.98. The Morgan fingerprint density at radius 1 is 1.59 bits per heavy atom. The molecule has 2 aromatic heterocycles. The fourth-order valence-electron chi connectivity index (χ4n) is 1.04. The van der Waals surface area contributed by atoms with Crippen LogP contribution in [0.25, 0.3) is 0 Å². The molecule has 0 saturated carbocycles. The number of hydrogen-bond acceptors (Lipinski definition) is 6. The Morgan fingerprint density at radius 3 is 3.06 bits per heavy atom. The molecule has 0 bridgehead atoms. The van der Waals surface area contributed by atoms with Crippen molar-refractivity contribution in [2.75, 3.05) is 0 Å². The molecule has 0 radical (unpaired) electrons. The van der Waals surface area contributed by atoms with Gasteiger partial charge in [0.2, 0.25) is 5.01 Å². The number of nitrogens with zero attached hydrogens (tertiary/aromatic N) is 2. The maximum atomic E-state index is 11.0. The molecule has 2 rings (SSSR count). The van der Waals surface area contributed by atoms with Gasteiger partial charge in [-0.05, 0) is 0 Å². The Balaban J connectivity index is 2.02. The lowest BCUT2D eigenvalue weighted by Gasteiger charge is -1.96. The first-order valence-electron chi connectivity index (χ1n) is 4.51. The van der Waals surface area contributed by atoms with Gasteiger partial charge in [0, 0.05) is 23.4 Å². The Bertz CT molecular complexity index is 593. The highest BCUT2D eigenvalue weighted by atomic mass is 32.2. The Kier molecular flexibility index (Phi) is 3.55. The largest absolute Gasteiger partial charge is 0.476 e. The molecule has 0 aliphatic carbocycles. The van der Waals surface area contributed by atoms with E-state index in [0.29, 0.717) is 16.6 Å². The van der Waals surface area contributed by atoms with Crippen LogP contribution < -0.4 is 5.56 Å². The number of thiazole rings is 1. The minimum absolute atomic E-state index is 0.0649. The summed E-state index contributed by atoms with van der Waals surface area (Å²) in [7, 11) is 0. The van der Waals surface area contributed by atoms with Crippen molar-refractivity contribution in [3.05, 3.63) is 38.7 Å². The van der Waals surface area contributed by atoms with Gasteiger partial charge in [-0.15, -0.1) is 11.3 Å². The van der Waals surface area contributed by atoms with E-state index in [0.717, 1.165) is 11.3 Å². The molecule has 17 heavy (non-hydrogen) atoms. The summed E-state index contributed by atoms with van der Waals surface area (Å²) < 4.78 is 0. The van der Waals surface area contributed by atoms with E-state index < -0.39 is 5.97 Å². The lowest BCUT2D eigenvalue weighted by molar-refractivity contribution is 0.0696. The van der Waals surface area contributed by atoms with Gasteiger partial charge in [0.15, 0.2) is 5.16 Å². The average Bonchev–Trinajstić information content (AvgIpc) is 2.75. The van der Waals surface area contributed by atoms with Gasteiger partial charge >= 0.3 is 5.97 Å². The summed E-state index contributed by atoms with van der Waals surface area (Å²) in [6, 6.07) is 1.33. The summed E-state index contributed by atoms with van der Waals surface area (Å²) >= 11 is 2.38. The van der Waals surface area contributed by atoms with Crippen LogP contribution in [0.4, 0.5) is 0 Å². The number of rotatable bonds is 4. The summed E-state index contributed by atoms with van der Waals surface area (Å²) in [5.41, 5.74) is 0.441. The van der Waals surface area contributed by atoms with Crippen LogP contribution in [0.3, 0.4) is 0 Å². The number of nitrogens with one attached hydrogen (secondary N) is 1. The molecule has 0 unspecified atom stereocenters. The minimum Gasteiger partial charge on any atom is -0.476 e. The highest BCUT2D eigenvalue weighted by Gasteiger charge is 2.09. The molecule has 0 atom stereocenters. The van der Waals surface area contributed by atoms with Crippen LogP contribution in [0, 0.1) is 0 Å². The van der Waals surface area contributed by atoms with Crippen LogP contribution in [-0.2, 0) is 5.75 Å². The van der Waals surface area contributed by atoms with E-state index in [2.05, 4.69) is 15.0 Å². The standard InChI is InChI=1S/C9H7N3O3S2/c13-6-1-2-10-9(12-6)17-4-5-3-16-7(11-5)8(14)15/h1-3H,4H2,(H,14,15)(H,10,12,13). The van der Waals surface area contributed by atoms with Crippen molar-refractivity contribution in [3.8, 4) is 0 Å². The fraction of sp³-hybridized carbons (Fsp3) is 0.111. The fourth-order valence-corrected chi connectivity index (χ4v) is 2.54. The molecule has 2 aromatic rings. The monoisotopic (exact) mass is 269 g/mol. The number of thioether (sulfide) groups is 1. The number of aromatic nitrogens is 3. The van der Waals surface area contributed by atoms with Gasteiger partial charge in [0.1, 0.15) is 0 Å². The molecule has 6 nitrogen and oxygen atoms in total. The van der Waals surface area contributed by atoms with E-state index in [1.54, 1.807) is 5.38 Å². The van der Waals surface area contributed by atoms with Crippen LogP contribution in [-0.4, -0.2) is 26.0 Å². The number of carbonyl (C=O) groups is 1. The quantitative estimate of drug-likeness (QED) is 0.640. The molecule has 0 fully saturated rings. The highest BCUT2D eigenvalue weighted by Crippen LogP contribution is 2.19. The normalized spacial score (nSPS) is 10.4. The molecule has 0 aliphatic heterocycles. The third-order valence-electron chi connectivity index (χ3n) is 1.74. The van der Waals surface area contributed by atoms with Gasteiger partial charge in [-0.1, -0.05) is 11.8 Å². The molecule has 0 spiro atoms.